The lowest BCUT2D eigenvalue weighted by atomic mass is 10.1. The molecule has 1 aromatic heterocycles. The zero-order valence-corrected chi connectivity index (χ0v) is 14.4. The lowest BCUT2D eigenvalue weighted by Crippen LogP contribution is -2.36. The molecule has 3 saturated heterocycles. The van der Waals surface area contributed by atoms with Gasteiger partial charge in [0.25, 0.3) is 0 Å². The molecule has 2 atom stereocenters. The highest BCUT2D eigenvalue weighted by molar-refractivity contribution is 5.39. The van der Waals surface area contributed by atoms with Crippen LogP contribution in [0.4, 0.5) is 5.82 Å². The monoisotopic (exact) mass is 332 g/mol. The van der Waals surface area contributed by atoms with E-state index in [1.807, 2.05) is 0 Å². The third kappa shape index (κ3) is 4.05. The Labute approximate surface area is 144 Å². The van der Waals surface area contributed by atoms with Gasteiger partial charge in [-0.1, -0.05) is 0 Å². The normalized spacial score (nSPS) is 28.6. The van der Waals surface area contributed by atoms with Crippen molar-refractivity contribution in [2.75, 3.05) is 50.8 Å². The standard InChI is InChI=1S/C18H28N4O2/c1-2-6-21(5-1)13-17-4-3-16(24-17)11-15-12-18(20-14-19-15)22-7-9-23-10-8-22/h12,14,16-17H,1-11,13H2/t16-,17+/m0/s1. The lowest BCUT2D eigenvalue weighted by molar-refractivity contribution is 0.0271. The van der Waals surface area contributed by atoms with Crippen molar-refractivity contribution in [3.8, 4) is 0 Å². The molecule has 0 N–H and O–H groups in total. The van der Waals surface area contributed by atoms with Crippen molar-refractivity contribution in [3.05, 3.63) is 18.1 Å². The molecule has 0 unspecified atom stereocenters. The van der Waals surface area contributed by atoms with Crippen LogP contribution in [0.25, 0.3) is 0 Å². The Balaban J connectivity index is 1.30. The van der Waals surface area contributed by atoms with Gasteiger partial charge >= 0.3 is 0 Å². The highest BCUT2D eigenvalue weighted by atomic mass is 16.5. The van der Waals surface area contributed by atoms with E-state index in [1.54, 1.807) is 6.33 Å². The molecule has 24 heavy (non-hydrogen) atoms. The van der Waals surface area contributed by atoms with Crippen molar-refractivity contribution in [3.63, 3.8) is 0 Å². The van der Waals surface area contributed by atoms with E-state index in [0.717, 1.165) is 57.2 Å². The van der Waals surface area contributed by atoms with E-state index in [2.05, 4.69) is 25.8 Å². The Kier molecular flexibility index (Phi) is 5.25. The molecule has 6 heteroatoms. The van der Waals surface area contributed by atoms with Crippen LogP contribution in [0.1, 0.15) is 31.4 Å². The largest absolute Gasteiger partial charge is 0.378 e. The van der Waals surface area contributed by atoms with E-state index in [0.29, 0.717) is 12.2 Å². The molecule has 0 saturated carbocycles. The summed E-state index contributed by atoms with van der Waals surface area (Å²) in [6.45, 7) is 6.99. The second kappa shape index (κ2) is 7.76. The second-order valence-corrected chi connectivity index (χ2v) is 7.14. The van der Waals surface area contributed by atoms with Gasteiger partial charge < -0.3 is 19.3 Å². The summed E-state index contributed by atoms with van der Waals surface area (Å²) in [5.41, 5.74) is 1.10. The van der Waals surface area contributed by atoms with Crippen LogP contribution in [-0.4, -0.2) is 73.0 Å². The highest BCUT2D eigenvalue weighted by Crippen LogP contribution is 2.25. The minimum atomic E-state index is 0.310. The molecule has 4 heterocycles. The topological polar surface area (TPSA) is 50.7 Å². The first kappa shape index (κ1) is 16.2. The SMILES string of the molecule is c1nc(C[C@@H]2CC[C@H](CN3CCCC3)O2)cc(N2CCOCC2)n1. The van der Waals surface area contributed by atoms with Crippen molar-refractivity contribution >= 4 is 5.82 Å². The smallest absolute Gasteiger partial charge is 0.132 e. The number of ether oxygens (including phenoxy) is 2. The molecule has 0 aromatic carbocycles. The van der Waals surface area contributed by atoms with Gasteiger partial charge in [0.1, 0.15) is 12.1 Å². The van der Waals surface area contributed by atoms with Crippen molar-refractivity contribution < 1.29 is 9.47 Å². The van der Waals surface area contributed by atoms with E-state index in [-0.39, 0.29) is 0 Å². The van der Waals surface area contributed by atoms with Gasteiger partial charge in [0.05, 0.1) is 25.4 Å². The molecule has 0 radical (unpaired) electrons. The summed E-state index contributed by atoms with van der Waals surface area (Å²) >= 11 is 0. The summed E-state index contributed by atoms with van der Waals surface area (Å²) in [6.07, 6.45) is 8.34. The molecule has 1 aromatic rings. The van der Waals surface area contributed by atoms with Crippen LogP contribution in [0.15, 0.2) is 12.4 Å². The summed E-state index contributed by atoms with van der Waals surface area (Å²) in [7, 11) is 0. The van der Waals surface area contributed by atoms with Crippen LogP contribution >= 0.6 is 0 Å². The number of aromatic nitrogens is 2. The maximum atomic E-state index is 6.28. The fraction of sp³-hybridized carbons (Fsp3) is 0.778. The number of likely N-dealkylation sites (tertiary alicyclic amines) is 1. The summed E-state index contributed by atoms with van der Waals surface area (Å²) in [5, 5.41) is 0. The van der Waals surface area contributed by atoms with Gasteiger partial charge in [-0.3, -0.25) is 0 Å². The van der Waals surface area contributed by atoms with E-state index < -0.39 is 0 Å². The minimum Gasteiger partial charge on any atom is -0.378 e. The average molecular weight is 332 g/mol. The molecule has 0 spiro atoms. The predicted octanol–water partition coefficient (Wildman–Crippen LogP) is 1.50. The van der Waals surface area contributed by atoms with Gasteiger partial charge in [-0.2, -0.15) is 0 Å². The van der Waals surface area contributed by atoms with Crippen molar-refractivity contribution in [2.24, 2.45) is 0 Å². The van der Waals surface area contributed by atoms with Gasteiger partial charge in [0, 0.05) is 37.8 Å². The highest BCUT2D eigenvalue weighted by Gasteiger charge is 2.28. The van der Waals surface area contributed by atoms with Crippen LogP contribution in [0.3, 0.4) is 0 Å². The number of anilines is 1. The molecular weight excluding hydrogens is 304 g/mol. The molecule has 0 bridgehead atoms. The van der Waals surface area contributed by atoms with Gasteiger partial charge in [-0.25, -0.2) is 9.97 Å². The Morgan fingerprint density at radius 3 is 2.62 bits per heavy atom. The predicted molar refractivity (Wildman–Crippen MR) is 92.3 cm³/mol. The molecule has 132 valence electrons. The fourth-order valence-corrected chi connectivity index (χ4v) is 4.01. The summed E-state index contributed by atoms with van der Waals surface area (Å²) in [6, 6.07) is 2.13. The number of rotatable bonds is 5. The fourth-order valence-electron chi connectivity index (χ4n) is 4.01. The zero-order chi connectivity index (χ0) is 16.2. The van der Waals surface area contributed by atoms with Gasteiger partial charge in [-0.15, -0.1) is 0 Å². The number of morpholine rings is 1. The summed E-state index contributed by atoms with van der Waals surface area (Å²) in [5.74, 6) is 1.02. The summed E-state index contributed by atoms with van der Waals surface area (Å²) in [4.78, 5) is 13.7. The number of nitrogens with zero attached hydrogens (tertiary/aromatic N) is 4. The van der Waals surface area contributed by atoms with Crippen LogP contribution in [-0.2, 0) is 15.9 Å². The Bertz CT molecular complexity index is 530. The zero-order valence-electron chi connectivity index (χ0n) is 14.4. The van der Waals surface area contributed by atoms with Crippen molar-refractivity contribution in [1.29, 1.82) is 0 Å². The maximum Gasteiger partial charge on any atom is 0.132 e. The van der Waals surface area contributed by atoms with Crippen LogP contribution in [0, 0.1) is 0 Å². The Morgan fingerprint density at radius 1 is 1.00 bits per heavy atom. The summed E-state index contributed by atoms with van der Waals surface area (Å²) < 4.78 is 11.7. The molecule has 3 aliphatic heterocycles. The Morgan fingerprint density at radius 2 is 1.79 bits per heavy atom. The third-order valence-corrected chi connectivity index (χ3v) is 5.34. The molecule has 6 nitrogen and oxygen atoms in total. The molecule has 0 amide bonds. The van der Waals surface area contributed by atoms with E-state index in [1.165, 1.54) is 32.4 Å². The third-order valence-electron chi connectivity index (χ3n) is 5.34. The van der Waals surface area contributed by atoms with E-state index >= 15 is 0 Å². The van der Waals surface area contributed by atoms with E-state index in [4.69, 9.17) is 9.47 Å². The molecule has 4 rings (SSSR count). The first-order chi connectivity index (χ1) is 11.9. The molecule has 3 aliphatic rings. The molecule has 3 fully saturated rings. The molecule has 0 aliphatic carbocycles. The first-order valence-electron chi connectivity index (χ1n) is 9.38. The van der Waals surface area contributed by atoms with Crippen molar-refractivity contribution in [1.82, 2.24) is 14.9 Å². The van der Waals surface area contributed by atoms with Crippen molar-refractivity contribution in [2.45, 2.75) is 44.3 Å². The van der Waals surface area contributed by atoms with Crippen LogP contribution < -0.4 is 4.90 Å². The number of hydrogen-bond donors (Lipinski definition) is 0. The van der Waals surface area contributed by atoms with E-state index in [9.17, 15) is 0 Å². The number of hydrogen-bond acceptors (Lipinski definition) is 6. The van der Waals surface area contributed by atoms with Gasteiger partial charge in [0.2, 0.25) is 0 Å². The molecular formula is C18H28N4O2. The first-order valence-corrected chi connectivity index (χ1v) is 9.38. The van der Waals surface area contributed by atoms with Gasteiger partial charge in [0.15, 0.2) is 0 Å². The van der Waals surface area contributed by atoms with Crippen LogP contribution in [0.2, 0.25) is 0 Å². The van der Waals surface area contributed by atoms with Gasteiger partial charge in [-0.05, 0) is 38.8 Å². The average Bonchev–Trinajstić information content (AvgIpc) is 3.29. The lowest BCUT2D eigenvalue weighted by Gasteiger charge is -2.27. The Hall–Kier alpha value is -1.24. The van der Waals surface area contributed by atoms with Crippen LogP contribution in [0.5, 0.6) is 0 Å². The minimum absolute atomic E-state index is 0.310. The second-order valence-electron chi connectivity index (χ2n) is 7.14. The maximum absolute atomic E-state index is 6.28. The quantitative estimate of drug-likeness (QED) is 0.814.